The fourth-order valence-electron chi connectivity index (χ4n) is 2.04. The maximum Gasteiger partial charge on any atom is 0.299 e. The molecule has 0 unspecified atom stereocenters. The molecule has 1 aromatic heterocycles. The lowest BCUT2D eigenvalue weighted by molar-refractivity contribution is 0.136. The average molecular weight is 325 g/mol. The molecule has 0 atom stereocenters. The van der Waals surface area contributed by atoms with E-state index in [-0.39, 0.29) is 4.77 Å². The van der Waals surface area contributed by atoms with Crippen LogP contribution in [0.25, 0.3) is 0 Å². The van der Waals surface area contributed by atoms with E-state index in [1.165, 1.54) is 6.21 Å². The second-order valence-electron chi connectivity index (χ2n) is 4.51. The van der Waals surface area contributed by atoms with Crippen molar-refractivity contribution in [1.82, 2.24) is 14.9 Å². The molecule has 8 heteroatoms. The van der Waals surface area contributed by atoms with Gasteiger partial charge in [-0.05, 0) is 43.8 Å². The second kappa shape index (κ2) is 7.26. The maximum absolute atomic E-state index is 12.8. The van der Waals surface area contributed by atoms with Gasteiger partial charge in [0.1, 0.15) is 0 Å². The summed E-state index contributed by atoms with van der Waals surface area (Å²) in [5, 5.41) is 9.74. The summed E-state index contributed by atoms with van der Waals surface area (Å²) in [6.07, 6.45) is -1.27. The van der Waals surface area contributed by atoms with E-state index in [2.05, 4.69) is 34.0 Å². The van der Waals surface area contributed by atoms with Gasteiger partial charge in [-0.1, -0.05) is 12.1 Å². The van der Waals surface area contributed by atoms with Crippen LogP contribution in [-0.4, -0.2) is 34.2 Å². The Morgan fingerprint density at radius 1 is 1.32 bits per heavy atom. The molecule has 22 heavy (non-hydrogen) atoms. The number of nitrogens with zero attached hydrogens (tertiary/aromatic N) is 4. The van der Waals surface area contributed by atoms with Crippen molar-refractivity contribution < 1.29 is 8.78 Å². The summed E-state index contributed by atoms with van der Waals surface area (Å²) >= 11 is 4.89. The van der Waals surface area contributed by atoms with E-state index < -0.39 is 12.2 Å². The van der Waals surface area contributed by atoms with Crippen molar-refractivity contribution in [1.29, 1.82) is 0 Å². The summed E-state index contributed by atoms with van der Waals surface area (Å²) in [5.74, 6) is -0.499. The van der Waals surface area contributed by atoms with Gasteiger partial charge in [-0.15, -0.1) is 0 Å². The van der Waals surface area contributed by atoms with E-state index in [4.69, 9.17) is 12.2 Å². The smallest absolute Gasteiger partial charge is 0.299 e. The Balaban J connectivity index is 2.21. The number of rotatable bonds is 6. The van der Waals surface area contributed by atoms with Crippen LogP contribution in [0.3, 0.4) is 0 Å². The molecule has 2 aromatic rings. The highest BCUT2D eigenvalue weighted by Crippen LogP contribution is 2.17. The molecule has 1 aromatic carbocycles. The molecular formula is C14H17F2N5S. The molecule has 0 aliphatic heterocycles. The first-order valence-electron chi connectivity index (χ1n) is 6.91. The van der Waals surface area contributed by atoms with E-state index >= 15 is 0 Å². The predicted molar refractivity (Wildman–Crippen MR) is 85.4 cm³/mol. The number of nitrogens with one attached hydrogen (secondary N) is 1. The van der Waals surface area contributed by atoms with Gasteiger partial charge in [0.25, 0.3) is 6.43 Å². The summed E-state index contributed by atoms with van der Waals surface area (Å²) in [4.78, 5) is 2.21. The molecule has 0 radical (unpaired) electrons. The lowest BCUT2D eigenvalue weighted by Crippen LogP contribution is -2.21. The molecule has 0 saturated heterocycles. The topological polar surface area (TPSA) is 49.2 Å². The van der Waals surface area contributed by atoms with Crippen molar-refractivity contribution in [3.8, 4) is 0 Å². The average Bonchev–Trinajstić information content (AvgIpc) is 2.89. The molecule has 0 bridgehead atoms. The third-order valence-electron chi connectivity index (χ3n) is 3.21. The lowest BCUT2D eigenvalue weighted by Gasteiger charge is -2.20. The maximum atomic E-state index is 12.8. The van der Waals surface area contributed by atoms with Crippen molar-refractivity contribution >= 4 is 24.1 Å². The van der Waals surface area contributed by atoms with E-state index in [0.29, 0.717) is 0 Å². The van der Waals surface area contributed by atoms with Crippen LogP contribution in [0, 0.1) is 4.77 Å². The first-order chi connectivity index (χ1) is 10.6. The quantitative estimate of drug-likeness (QED) is 0.652. The number of benzene rings is 1. The van der Waals surface area contributed by atoms with Crippen LogP contribution in [0.15, 0.2) is 29.4 Å². The summed E-state index contributed by atoms with van der Waals surface area (Å²) in [5.41, 5.74) is 1.90. The van der Waals surface area contributed by atoms with Gasteiger partial charge in [0.05, 0.1) is 6.21 Å². The number of anilines is 1. The van der Waals surface area contributed by atoms with E-state index in [0.717, 1.165) is 29.0 Å². The summed E-state index contributed by atoms with van der Waals surface area (Å²) in [6.45, 7) is 6.02. The highest BCUT2D eigenvalue weighted by atomic mass is 32.1. The largest absolute Gasteiger partial charge is 0.372 e. The number of halogens is 2. The molecular weight excluding hydrogens is 308 g/mol. The van der Waals surface area contributed by atoms with Gasteiger partial charge in [-0.3, -0.25) is 0 Å². The fourth-order valence-corrected chi connectivity index (χ4v) is 2.23. The normalized spacial score (nSPS) is 11.5. The fraction of sp³-hybridized carbons (Fsp3) is 0.357. The van der Waals surface area contributed by atoms with Crippen molar-refractivity contribution in [2.24, 2.45) is 5.10 Å². The highest BCUT2D eigenvalue weighted by molar-refractivity contribution is 7.71. The Morgan fingerprint density at radius 2 is 1.95 bits per heavy atom. The molecule has 0 fully saturated rings. The first-order valence-corrected chi connectivity index (χ1v) is 7.32. The molecule has 0 aliphatic rings. The van der Waals surface area contributed by atoms with Gasteiger partial charge in [0, 0.05) is 18.8 Å². The number of H-pyrrole nitrogens is 1. The SMILES string of the molecule is CCN(CC)c1ccc(C=Nn2c(C(F)F)n[nH]c2=S)cc1. The van der Waals surface area contributed by atoms with Gasteiger partial charge < -0.3 is 4.90 Å². The predicted octanol–water partition coefficient (Wildman–Crippen LogP) is 3.61. The number of hydrogen-bond acceptors (Lipinski definition) is 4. The Bertz CT molecular complexity index is 686. The molecule has 118 valence electrons. The Kier molecular flexibility index (Phi) is 5.37. The number of aromatic nitrogens is 3. The molecule has 5 nitrogen and oxygen atoms in total. The monoisotopic (exact) mass is 325 g/mol. The zero-order valence-electron chi connectivity index (χ0n) is 12.3. The van der Waals surface area contributed by atoms with Crippen LogP contribution in [0.1, 0.15) is 31.7 Å². The van der Waals surface area contributed by atoms with E-state index in [9.17, 15) is 8.78 Å². The van der Waals surface area contributed by atoms with Crippen LogP contribution in [0.4, 0.5) is 14.5 Å². The minimum Gasteiger partial charge on any atom is -0.372 e. The molecule has 1 N–H and O–H groups in total. The molecule has 2 rings (SSSR count). The molecule has 1 heterocycles. The summed E-state index contributed by atoms with van der Waals surface area (Å²) < 4.78 is 26.5. The van der Waals surface area contributed by atoms with Crippen molar-refractivity contribution in [3.63, 3.8) is 0 Å². The van der Waals surface area contributed by atoms with Crippen LogP contribution in [0.5, 0.6) is 0 Å². The van der Waals surface area contributed by atoms with Crippen molar-refractivity contribution in [3.05, 3.63) is 40.4 Å². The van der Waals surface area contributed by atoms with Gasteiger partial charge in [0.15, 0.2) is 0 Å². The molecule has 0 aliphatic carbocycles. The van der Waals surface area contributed by atoms with Crippen LogP contribution in [-0.2, 0) is 0 Å². The van der Waals surface area contributed by atoms with Gasteiger partial charge in [0.2, 0.25) is 10.6 Å². The minimum atomic E-state index is -2.74. The Labute approximate surface area is 132 Å². The zero-order chi connectivity index (χ0) is 16.1. The van der Waals surface area contributed by atoms with Crippen LogP contribution >= 0.6 is 12.2 Å². The number of alkyl halides is 2. The molecule has 0 amide bonds. The number of hydrogen-bond donors (Lipinski definition) is 1. The first kappa shape index (κ1) is 16.3. The van der Waals surface area contributed by atoms with Gasteiger partial charge in [-0.25, -0.2) is 13.9 Å². The third-order valence-corrected chi connectivity index (χ3v) is 3.48. The number of aromatic amines is 1. The zero-order valence-corrected chi connectivity index (χ0v) is 13.1. The third kappa shape index (κ3) is 3.56. The van der Waals surface area contributed by atoms with Crippen molar-refractivity contribution in [2.75, 3.05) is 18.0 Å². The Hall–Kier alpha value is -2.09. The summed E-state index contributed by atoms with van der Waals surface area (Å²) in [7, 11) is 0. The molecule has 0 saturated carbocycles. The second-order valence-corrected chi connectivity index (χ2v) is 4.89. The minimum absolute atomic E-state index is 0.0336. The van der Waals surface area contributed by atoms with E-state index in [1.807, 2.05) is 24.3 Å². The summed E-state index contributed by atoms with van der Waals surface area (Å²) in [6, 6.07) is 7.69. The van der Waals surface area contributed by atoms with E-state index in [1.54, 1.807) is 0 Å². The van der Waals surface area contributed by atoms with Crippen molar-refractivity contribution in [2.45, 2.75) is 20.3 Å². The highest BCUT2D eigenvalue weighted by Gasteiger charge is 2.15. The molecule has 0 spiro atoms. The van der Waals surface area contributed by atoms with Crippen LogP contribution in [0.2, 0.25) is 0 Å². The van der Waals surface area contributed by atoms with Gasteiger partial charge in [-0.2, -0.15) is 14.9 Å². The lowest BCUT2D eigenvalue weighted by atomic mass is 10.2. The standard InChI is InChI=1S/C14H17F2N5S/c1-3-20(4-2)11-7-5-10(6-8-11)9-17-21-13(12(15)16)18-19-14(21)22/h5-9,12H,3-4H2,1-2H3,(H,19,22). The van der Waals surface area contributed by atoms with Gasteiger partial charge >= 0.3 is 0 Å². The Morgan fingerprint density at radius 3 is 2.50 bits per heavy atom. The van der Waals surface area contributed by atoms with Crippen LogP contribution < -0.4 is 4.90 Å².